The fourth-order valence-electron chi connectivity index (χ4n) is 1.46. The molecule has 100 valence electrons. The first-order valence-electron chi connectivity index (χ1n) is 5.01. The zero-order valence-corrected chi connectivity index (χ0v) is 10.3. The molecule has 0 aliphatic heterocycles. The van der Waals surface area contributed by atoms with Gasteiger partial charge in [-0.05, 0) is 30.6 Å². The SMILES string of the molecule is Cc1nnsc1C(=O)c1ccc(C(F)(F)F)c(F)c1. The second-order valence-electron chi connectivity index (χ2n) is 3.71. The molecule has 0 saturated carbocycles. The van der Waals surface area contributed by atoms with Crippen molar-refractivity contribution < 1.29 is 22.4 Å². The summed E-state index contributed by atoms with van der Waals surface area (Å²) in [5.41, 5.74) is -1.21. The van der Waals surface area contributed by atoms with Gasteiger partial charge in [-0.15, -0.1) is 5.10 Å². The van der Waals surface area contributed by atoms with Gasteiger partial charge in [0.1, 0.15) is 10.7 Å². The summed E-state index contributed by atoms with van der Waals surface area (Å²) in [6.45, 7) is 1.54. The van der Waals surface area contributed by atoms with Crippen molar-refractivity contribution in [3.8, 4) is 0 Å². The summed E-state index contributed by atoms with van der Waals surface area (Å²) in [7, 11) is 0. The monoisotopic (exact) mass is 290 g/mol. The summed E-state index contributed by atoms with van der Waals surface area (Å²) in [6, 6.07) is 2.06. The Morgan fingerprint density at radius 3 is 2.47 bits per heavy atom. The topological polar surface area (TPSA) is 42.9 Å². The van der Waals surface area contributed by atoms with Crippen LogP contribution in [0.5, 0.6) is 0 Å². The van der Waals surface area contributed by atoms with Crippen molar-refractivity contribution in [2.24, 2.45) is 0 Å². The number of aromatic nitrogens is 2. The molecule has 0 saturated heterocycles. The predicted octanol–water partition coefficient (Wildman–Crippen LogP) is 3.24. The van der Waals surface area contributed by atoms with Gasteiger partial charge in [0.2, 0.25) is 5.78 Å². The van der Waals surface area contributed by atoms with Crippen molar-refractivity contribution in [2.45, 2.75) is 13.1 Å². The molecule has 0 amide bonds. The van der Waals surface area contributed by atoms with Gasteiger partial charge >= 0.3 is 6.18 Å². The molecule has 0 aliphatic carbocycles. The summed E-state index contributed by atoms with van der Waals surface area (Å²) in [6.07, 6.45) is -4.78. The van der Waals surface area contributed by atoms with Crippen LogP contribution in [-0.2, 0) is 6.18 Å². The number of alkyl halides is 3. The van der Waals surface area contributed by atoms with Crippen molar-refractivity contribution in [3.63, 3.8) is 0 Å². The highest BCUT2D eigenvalue weighted by Gasteiger charge is 2.34. The van der Waals surface area contributed by atoms with Gasteiger partial charge in [-0.1, -0.05) is 10.6 Å². The summed E-state index contributed by atoms with van der Waals surface area (Å²) < 4.78 is 54.0. The molecule has 2 aromatic rings. The zero-order chi connectivity index (χ0) is 14.2. The van der Waals surface area contributed by atoms with Crippen LogP contribution in [0.15, 0.2) is 18.2 Å². The van der Waals surface area contributed by atoms with E-state index in [-0.39, 0.29) is 10.4 Å². The Kier molecular flexibility index (Phi) is 3.36. The van der Waals surface area contributed by atoms with E-state index in [9.17, 15) is 22.4 Å². The molecule has 0 bridgehead atoms. The van der Waals surface area contributed by atoms with Crippen LogP contribution in [0.25, 0.3) is 0 Å². The van der Waals surface area contributed by atoms with Gasteiger partial charge in [0, 0.05) is 5.56 Å². The van der Waals surface area contributed by atoms with Gasteiger partial charge in [0.25, 0.3) is 0 Å². The average molecular weight is 290 g/mol. The zero-order valence-electron chi connectivity index (χ0n) is 9.45. The first-order chi connectivity index (χ1) is 8.80. The number of aryl methyl sites for hydroxylation is 1. The standard InChI is InChI=1S/C11H6F4N2OS/c1-5-10(19-17-16-5)9(18)6-2-3-7(8(12)4-6)11(13,14)15/h2-4H,1H3. The highest BCUT2D eigenvalue weighted by atomic mass is 32.1. The molecular weight excluding hydrogens is 284 g/mol. The van der Waals surface area contributed by atoms with Crippen molar-refractivity contribution in [3.05, 3.63) is 45.7 Å². The van der Waals surface area contributed by atoms with E-state index < -0.39 is 23.3 Å². The first kappa shape index (κ1) is 13.6. The van der Waals surface area contributed by atoms with Crippen LogP contribution >= 0.6 is 11.5 Å². The lowest BCUT2D eigenvalue weighted by Crippen LogP contribution is -2.10. The van der Waals surface area contributed by atoms with E-state index in [2.05, 4.69) is 9.59 Å². The van der Waals surface area contributed by atoms with Crippen molar-refractivity contribution in [1.82, 2.24) is 9.59 Å². The Labute approximate surface area is 109 Å². The number of carbonyl (C=O) groups excluding carboxylic acids is 1. The van der Waals surface area contributed by atoms with Crippen LogP contribution in [-0.4, -0.2) is 15.4 Å². The Balaban J connectivity index is 2.41. The largest absolute Gasteiger partial charge is 0.419 e. The van der Waals surface area contributed by atoms with Gasteiger partial charge in [-0.25, -0.2) is 4.39 Å². The molecule has 0 unspecified atom stereocenters. The number of benzene rings is 1. The molecule has 0 aliphatic rings. The molecule has 0 N–H and O–H groups in total. The van der Waals surface area contributed by atoms with Gasteiger partial charge < -0.3 is 0 Å². The van der Waals surface area contributed by atoms with E-state index in [0.717, 1.165) is 17.6 Å². The number of halogens is 4. The molecule has 8 heteroatoms. The molecule has 3 nitrogen and oxygen atoms in total. The normalized spacial score (nSPS) is 11.6. The van der Waals surface area contributed by atoms with Crippen molar-refractivity contribution in [1.29, 1.82) is 0 Å². The maximum atomic E-state index is 13.3. The fourth-order valence-corrected chi connectivity index (χ4v) is 2.08. The first-order valence-corrected chi connectivity index (χ1v) is 5.78. The fraction of sp³-hybridized carbons (Fsp3) is 0.182. The average Bonchev–Trinajstić information content (AvgIpc) is 2.72. The van der Waals surface area contributed by atoms with E-state index in [0.29, 0.717) is 17.8 Å². The Hall–Kier alpha value is -1.83. The van der Waals surface area contributed by atoms with E-state index in [1.165, 1.54) is 6.92 Å². The molecule has 1 aromatic carbocycles. The van der Waals surface area contributed by atoms with Crippen LogP contribution in [0.3, 0.4) is 0 Å². The van der Waals surface area contributed by atoms with E-state index in [4.69, 9.17) is 0 Å². The number of nitrogens with zero attached hydrogens (tertiary/aromatic N) is 2. The molecule has 19 heavy (non-hydrogen) atoms. The number of carbonyl (C=O) groups is 1. The second-order valence-corrected chi connectivity index (χ2v) is 4.46. The Morgan fingerprint density at radius 1 is 1.32 bits per heavy atom. The van der Waals surface area contributed by atoms with E-state index in [1.807, 2.05) is 0 Å². The third-order valence-electron chi connectivity index (χ3n) is 2.39. The highest BCUT2D eigenvalue weighted by Crippen LogP contribution is 2.32. The summed E-state index contributed by atoms with van der Waals surface area (Å²) in [5.74, 6) is -2.08. The van der Waals surface area contributed by atoms with Crippen molar-refractivity contribution in [2.75, 3.05) is 0 Å². The van der Waals surface area contributed by atoms with Gasteiger partial charge in [-0.2, -0.15) is 13.2 Å². The van der Waals surface area contributed by atoms with Crippen LogP contribution in [0.4, 0.5) is 17.6 Å². The molecular formula is C11H6F4N2OS. The Bertz CT molecular complexity index is 636. The molecule has 0 atom stereocenters. The molecule has 0 radical (unpaired) electrons. The minimum Gasteiger partial charge on any atom is -0.288 e. The lowest BCUT2D eigenvalue weighted by Gasteiger charge is -2.08. The third kappa shape index (κ3) is 2.62. The van der Waals surface area contributed by atoms with Crippen LogP contribution in [0.1, 0.15) is 26.5 Å². The third-order valence-corrected chi connectivity index (χ3v) is 3.22. The summed E-state index contributed by atoms with van der Waals surface area (Å²) in [4.78, 5) is 12.1. The molecule has 0 fully saturated rings. The minimum atomic E-state index is -4.78. The second kappa shape index (κ2) is 4.69. The molecule has 1 aromatic heterocycles. The van der Waals surface area contributed by atoms with Gasteiger partial charge in [0.15, 0.2) is 0 Å². The van der Waals surface area contributed by atoms with Crippen molar-refractivity contribution >= 4 is 17.3 Å². The van der Waals surface area contributed by atoms with Crippen LogP contribution in [0.2, 0.25) is 0 Å². The summed E-state index contributed by atoms with van der Waals surface area (Å²) >= 11 is 0.813. The van der Waals surface area contributed by atoms with Gasteiger partial charge in [-0.3, -0.25) is 4.79 Å². The van der Waals surface area contributed by atoms with Gasteiger partial charge in [0.05, 0.1) is 11.3 Å². The number of rotatable bonds is 2. The number of ketones is 1. The molecule has 2 rings (SSSR count). The lowest BCUT2D eigenvalue weighted by atomic mass is 10.1. The quantitative estimate of drug-likeness (QED) is 0.630. The maximum absolute atomic E-state index is 13.3. The lowest BCUT2D eigenvalue weighted by molar-refractivity contribution is -0.140. The maximum Gasteiger partial charge on any atom is 0.419 e. The highest BCUT2D eigenvalue weighted by molar-refractivity contribution is 7.08. The number of hydrogen-bond acceptors (Lipinski definition) is 4. The van der Waals surface area contributed by atoms with Crippen LogP contribution in [0, 0.1) is 12.7 Å². The minimum absolute atomic E-state index is 0.167. The Morgan fingerprint density at radius 2 is 2.00 bits per heavy atom. The van der Waals surface area contributed by atoms with E-state index in [1.54, 1.807) is 0 Å². The van der Waals surface area contributed by atoms with Crippen LogP contribution < -0.4 is 0 Å². The predicted molar refractivity (Wildman–Crippen MR) is 59.5 cm³/mol. The van der Waals surface area contributed by atoms with E-state index >= 15 is 0 Å². The molecule has 0 spiro atoms. The molecule has 1 heterocycles. The number of hydrogen-bond donors (Lipinski definition) is 0. The summed E-state index contributed by atoms with van der Waals surface area (Å²) in [5, 5.41) is 3.62. The smallest absolute Gasteiger partial charge is 0.288 e.